The van der Waals surface area contributed by atoms with Gasteiger partial charge in [0.1, 0.15) is 5.82 Å². The van der Waals surface area contributed by atoms with E-state index in [2.05, 4.69) is 20.2 Å². The Labute approximate surface area is 126 Å². The van der Waals surface area contributed by atoms with E-state index in [1.165, 1.54) is 6.07 Å². The molecule has 1 aromatic heterocycles. The van der Waals surface area contributed by atoms with Gasteiger partial charge in [-0.05, 0) is 30.9 Å². The van der Waals surface area contributed by atoms with Crippen LogP contribution in [0.5, 0.6) is 0 Å². The van der Waals surface area contributed by atoms with Crippen molar-refractivity contribution >= 4 is 15.8 Å². The second-order valence-electron chi connectivity index (χ2n) is 5.37. The number of anilines is 1. The summed E-state index contributed by atoms with van der Waals surface area (Å²) in [5.41, 5.74) is -1.05. The maximum Gasteiger partial charge on any atom is 0.435 e. The van der Waals surface area contributed by atoms with Crippen LogP contribution in [0, 0.1) is 5.92 Å². The molecule has 2 rings (SSSR count). The molecule has 0 saturated heterocycles. The number of sulfonamides is 1. The van der Waals surface area contributed by atoms with Crippen LogP contribution in [0.1, 0.15) is 25.0 Å². The fraction of sp³-hybridized carbons (Fsp3) is 0.667. The topological polar surface area (TPSA) is 84.0 Å². The Morgan fingerprint density at radius 2 is 2.00 bits per heavy atom. The van der Waals surface area contributed by atoms with Crippen molar-refractivity contribution < 1.29 is 21.6 Å². The molecule has 0 spiro atoms. The first-order valence-electron chi connectivity index (χ1n) is 6.77. The third-order valence-corrected chi connectivity index (χ3v) is 4.26. The lowest BCUT2D eigenvalue weighted by Gasteiger charge is -2.20. The summed E-state index contributed by atoms with van der Waals surface area (Å²) in [6, 6.07) is 1.91. The maximum absolute atomic E-state index is 12.4. The smallest absolute Gasteiger partial charge is 0.368 e. The fourth-order valence-corrected chi connectivity index (χ4v) is 3.38. The average Bonchev–Trinajstić information content (AvgIpc) is 2.81. The molecule has 0 amide bonds. The van der Waals surface area contributed by atoms with Crippen LogP contribution in [-0.4, -0.2) is 37.5 Å². The van der Waals surface area contributed by atoms with Crippen LogP contribution in [0.4, 0.5) is 19.0 Å². The van der Waals surface area contributed by atoms with Crippen LogP contribution in [0.2, 0.25) is 0 Å². The average molecular weight is 338 g/mol. The number of alkyl halides is 3. The molecule has 0 aliphatic heterocycles. The zero-order valence-corrected chi connectivity index (χ0v) is 12.7. The molecule has 0 aromatic carbocycles. The highest BCUT2D eigenvalue weighted by Gasteiger charge is 2.33. The van der Waals surface area contributed by atoms with E-state index in [-0.39, 0.29) is 17.8 Å². The van der Waals surface area contributed by atoms with E-state index in [4.69, 9.17) is 0 Å². The first kappa shape index (κ1) is 16.9. The number of hydrogen-bond acceptors (Lipinski definition) is 5. The summed E-state index contributed by atoms with van der Waals surface area (Å²) in [6.07, 6.45) is -0.913. The van der Waals surface area contributed by atoms with Crippen molar-refractivity contribution in [3.8, 4) is 0 Å². The highest BCUT2D eigenvalue weighted by Crippen LogP contribution is 2.28. The van der Waals surface area contributed by atoms with Gasteiger partial charge in [0.2, 0.25) is 10.0 Å². The summed E-state index contributed by atoms with van der Waals surface area (Å²) in [5.74, 6) is 0.303. The number of nitrogens with one attached hydrogen (secondary N) is 2. The van der Waals surface area contributed by atoms with E-state index in [1.54, 1.807) is 0 Å². The van der Waals surface area contributed by atoms with Gasteiger partial charge in [0.15, 0.2) is 5.69 Å². The van der Waals surface area contributed by atoms with Crippen molar-refractivity contribution in [3.63, 3.8) is 0 Å². The van der Waals surface area contributed by atoms with E-state index in [0.717, 1.165) is 31.6 Å². The van der Waals surface area contributed by atoms with E-state index >= 15 is 0 Å². The molecule has 2 N–H and O–H groups in total. The third kappa shape index (κ3) is 4.80. The molecule has 1 aromatic rings. The predicted molar refractivity (Wildman–Crippen MR) is 74.6 cm³/mol. The van der Waals surface area contributed by atoms with Crippen LogP contribution in [0.25, 0.3) is 0 Å². The van der Waals surface area contributed by atoms with Crippen molar-refractivity contribution in [1.29, 1.82) is 0 Å². The van der Waals surface area contributed by atoms with Crippen LogP contribution in [-0.2, 0) is 16.2 Å². The molecule has 1 fully saturated rings. The minimum Gasteiger partial charge on any atom is -0.368 e. The van der Waals surface area contributed by atoms with Gasteiger partial charge >= 0.3 is 6.18 Å². The first-order valence-corrected chi connectivity index (χ1v) is 8.66. The van der Waals surface area contributed by atoms with Crippen LogP contribution in [0.15, 0.2) is 12.1 Å². The molecule has 0 bridgehead atoms. The third-order valence-electron chi connectivity index (χ3n) is 3.52. The summed E-state index contributed by atoms with van der Waals surface area (Å²) in [7, 11) is -3.28. The predicted octanol–water partition coefficient (Wildman–Crippen LogP) is 1.63. The quantitative estimate of drug-likeness (QED) is 0.852. The molecule has 1 aliphatic carbocycles. The SMILES string of the molecule is CS(=O)(=O)NC1CCCC1CNc1ccc(C(F)(F)F)nn1. The van der Waals surface area contributed by atoms with E-state index in [1.807, 2.05) is 0 Å². The summed E-state index contributed by atoms with van der Waals surface area (Å²) >= 11 is 0. The fourth-order valence-electron chi connectivity index (χ4n) is 2.52. The molecule has 1 heterocycles. The number of hydrogen-bond donors (Lipinski definition) is 2. The summed E-state index contributed by atoms with van der Waals surface area (Å²) < 4.78 is 62.3. The second kappa shape index (κ2) is 6.37. The summed E-state index contributed by atoms with van der Waals surface area (Å²) in [6.45, 7) is 0.424. The summed E-state index contributed by atoms with van der Waals surface area (Å²) in [5, 5.41) is 9.52. The molecule has 10 heteroatoms. The van der Waals surface area contributed by atoms with Gasteiger partial charge in [-0.15, -0.1) is 10.2 Å². The molecule has 1 aliphatic rings. The molecular weight excluding hydrogens is 321 g/mol. The van der Waals surface area contributed by atoms with Crippen molar-refractivity contribution in [3.05, 3.63) is 17.8 Å². The molecule has 124 valence electrons. The Kier molecular flexibility index (Phi) is 4.90. The number of halogens is 3. The Balaban J connectivity index is 1.92. The lowest BCUT2D eigenvalue weighted by molar-refractivity contribution is -0.141. The highest BCUT2D eigenvalue weighted by atomic mass is 32.2. The highest BCUT2D eigenvalue weighted by molar-refractivity contribution is 7.88. The standard InChI is InChI=1S/C12H17F3N4O2S/c1-22(20,21)19-9-4-2-3-8(9)7-16-11-6-5-10(17-18-11)12(13,14)15/h5-6,8-9,19H,2-4,7H2,1H3,(H,16,18). The van der Waals surface area contributed by atoms with E-state index in [0.29, 0.717) is 6.54 Å². The van der Waals surface area contributed by atoms with E-state index < -0.39 is 21.9 Å². The lowest BCUT2D eigenvalue weighted by atomic mass is 10.1. The first-order chi connectivity index (χ1) is 10.1. The number of aromatic nitrogens is 2. The van der Waals surface area contributed by atoms with Gasteiger partial charge in [0.05, 0.1) is 6.26 Å². The Hall–Kier alpha value is -1.42. The van der Waals surface area contributed by atoms with Crippen LogP contribution in [0.3, 0.4) is 0 Å². The molecule has 2 atom stereocenters. The van der Waals surface area contributed by atoms with Gasteiger partial charge in [0.25, 0.3) is 0 Å². The minimum absolute atomic E-state index is 0.0683. The lowest BCUT2D eigenvalue weighted by Crippen LogP contribution is -2.39. The minimum atomic E-state index is -4.51. The van der Waals surface area contributed by atoms with Crippen molar-refractivity contribution in [2.75, 3.05) is 18.1 Å². The zero-order valence-electron chi connectivity index (χ0n) is 11.9. The largest absolute Gasteiger partial charge is 0.435 e. The van der Waals surface area contributed by atoms with Crippen molar-refractivity contribution in [2.45, 2.75) is 31.5 Å². The molecular formula is C12H17F3N4O2S. The Morgan fingerprint density at radius 1 is 1.27 bits per heavy atom. The molecule has 22 heavy (non-hydrogen) atoms. The second-order valence-corrected chi connectivity index (χ2v) is 7.15. The maximum atomic E-state index is 12.4. The van der Waals surface area contributed by atoms with Gasteiger partial charge < -0.3 is 5.32 Å². The monoisotopic (exact) mass is 338 g/mol. The van der Waals surface area contributed by atoms with E-state index in [9.17, 15) is 21.6 Å². The van der Waals surface area contributed by atoms with Crippen molar-refractivity contribution in [1.82, 2.24) is 14.9 Å². The molecule has 6 nitrogen and oxygen atoms in total. The molecule has 2 unspecified atom stereocenters. The van der Waals surface area contributed by atoms with Gasteiger partial charge in [-0.1, -0.05) is 6.42 Å². The van der Waals surface area contributed by atoms with Crippen molar-refractivity contribution in [2.24, 2.45) is 5.92 Å². The van der Waals surface area contributed by atoms with Gasteiger partial charge in [-0.3, -0.25) is 0 Å². The molecule has 0 radical (unpaired) electrons. The Morgan fingerprint density at radius 3 is 2.55 bits per heavy atom. The zero-order chi connectivity index (χ0) is 16.4. The number of rotatable bonds is 5. The van der Waals surface area contributed by atoms with Gasteiger partial charge in [-0.25, -0.2) is 13.1 Å². The molecule has 1 saturated carbocycles. The van der Waals surface area contributed by atoms with Crippen LogP contribution >= 0.6 is 0 Å². The van der Waals surface area contributed by atoms with Gasteiger partial charge in [-0.2, -0.15) is 13.2 Å². The van der Waals surface area contributed by atoms with Crippen LogP contribution < -0.4 is 10.0 Å². The van der Waals surface area contributed by atoms with Gasteiger partial charge in [0, 0.05) is 12.6 Å². The normalized spacial score (nSPS) is 22.7. The Bertz CT molecular complexity index is 604. The summed E-state index contributed by atoms with van der Waals surface area (Å²) in [4.78, 5) is 0. The number of nitrogens with zero attached hydrogens (tertiary/aromatic N) is 2.